The predicted molar refractivity (Wildman–Crippen MR) is 102 cm³/mol. The van der Waals surface area contributed by atoms with E-state index in [1.165, 1.54) is 30.5 Å². The summed E-state index contributed by atoms with van der Waals surface area (Å²) in [5.74, 6) is 0. The fraction of sp³-hybridized carbons (Fsp3) is 0. The lowest BCUT2D eigenvalue weighted by Crippen LogP contribution is -2.08. The third kappa shape index (κ3) is 2.67. The summed E-state index contributed by atoms with van der Waals surface area (Å²) in [4.78, 5) is 14.6. The summed E-state index contributed by atoms with van der Waals surface area (Å²) < 4.78 is 26.4. The van der Waals surface area contributed by atoms with Gasteiger partial charge in [0.2, 0.25) is 9.84 Å². The third-order valence-electron chi connectivity index (χ3n) is 4.36. The molecule has 4 aromatic rings. The SMILES string of the molecule is Nc1cc(S(=O)(=O)c2ccc3ccccc3c2)c([N+](=O)[O-])c2cccnc12. The largest absolute Gasteiger partial charge is 0.397 e. The quantitative estimate of drug-likeness (QED) is 0.329. The normalized spacial score (nSPS) is 11.7. The number of nitro benzene ring substituents is 1. The first kappa shape index (κ1) is 16.9. The lowest BCUT2D eigenvalue weighted by atomic mass is 10.1. The highest BCUT2D eigenvalue weighted by Crippen LogP contribution is 2.38. The van der Waals surface area contributed by atoms with Gasteiger partial charge in [0, 0.05) is 6.20 Å². The second kappa shape index (κ2) is 6.03. The number of nitrogens with zero attached hydrogens (tertiary/aromatic N) is 2. The number of nitro groups is 1. The highest BCUT2D eigenvalue weighted by molar-refractivity contribution is 7.91. The van der Waals surface area contributed by atoms with Crippen molar-refractivity contribution in [1.29, 1.82) is 0 Å². The molecule has 0 saturated carbocycles. The zero-order valence-corrected chi connectivity index (χ0v) is 14.7. The van der Waals surface area contributed by atoms with Crippen LogP contribution in [0.3, 0.4) is 0 Å². The van der Waals surface area contributed by atoms with Crippen molar-refractivity contribution in [3.8, 4) is 0 Å². The van der Waals surface area contributed by atoms with E-state index in [0.717, 1.165) is 16.8 Å². The molecular formula is C19H13N3O4S. The van der Waals surface area contributed by atoms with Crippen LogP contribution < -0.4 is 5.73 Å². The average Bonchev–Trinajstić information content (AvgIpc) is 2.67. The van der Waals surface area contributed by atoms with Crippen molar-refractivity contribution in [2.45, 2.75) is 9.79 Å². The van der Waals surface area contributed by atoms with Crippen molar-refractivity contribution < 1.29 is 13.3 Å². The standard InChI is InChI=1S/C19H13N3O4S/c20-16-11-17(19(22(23)24)15-6-3-9-21-18(15)16)27(25,26)14-8-7-12-4-1-2-5-13(12)10-14/h1-11H,20H2. The molecule has 27 heavy (non-hydrogen) atoms. The molecule has 0 aliphatic carbocycles. The number of hydrogen-bond donors (Lipinski definition) is 1. The van der Waals surface area contributed by atoms with Gasteiger partial charge in [-0.3, -0.25) is 15.1 Å². The lowest BCUT2D eigenvalue weighted by Gasteiger charge is -2.10. The monoisotopic (exact) mass is 379 g/mol. The molecule has 0 atom stereocenters. The van der Waals surface area contributed by atoms with Gasteiger partial charge in [0.15, 0.2) is 4.90 Å². The van der Waals surface area contributed by atoms with Crippen molar-refractivity contribution in [3.05, 3.63) is 77.0 Å². The molecular weight excluding hydrogens is 366 g/mol. The van der Waals surface area contributed by atoms with E-state index >= 15 is 0 Å². The van der Waals surface area contributed by atoms with Gasteiger partial charge in [0.25, 0.3) is 5.69 Å². The third-order valence-corrected chi connectivity index (χ3v) is 6.12. The first-order valence-electron chi connectivity index (χ1n) is 7.95. The first-order valence-corrected chi connectivity index (χ1v) is 9.43. The molecule has 0 aliphatic rings. The summed E-state index contributed by atoms with van der Waals surface area (Å²) in [7, 11) is -4.17. The van der Waals surface area contributed by atoms with Crippen LogP contribution >= 0.6 is 0 Å². The van der Waals surface area contributed by atoms with Gasteiger partial charge in [-0.2, -0.15) is 0 Å². The Morgan fingerprint density at radius 3 is 2.44 bits per heavy atom. The van der Waals surface area contributed by atoms with Gasteiger partial charge in [-0.15, -0.1) is 0 Å². The number of pyridine rings is 1. The minimum absolute atomic E-state index is 0.0352. The average molecular weight is 379 g/mol. The minimum Gasteiger partial charge on any atom is -0.397 e. The van der Waals surface area contributed by atoms with Crippen molar-refractivity contribution in [2.75, 3.05) is 5.73 Å². The van der Waals surface area contributed by atoms with Crippen molar-refractivity contribution in [3.63, 3.8) is 0 Å². The Kier molecular flexibility index (Phi) is 3.78. The number of fused-ring (bicyclic) bond motifs is 2. The van der Waals surface area contributed by atoms with Gasteiger partial charge < -0.3 is 5.73 Å². The second-order valence-corrected chi connectivity index (χ2v) is 7.90. The van der Waals surface area contributed by atoms with Crippen LogP contribution in [0, 0.1) is 10.1 Å². The number of sulfone groups is 1. The van der Waals surface area contributed by atoms with E-state index in [4.69, 9.17) is 5.73 Å². The number of rotatable bonds is 3. The molecule has 0 bridgehead atoms. The Balaban J connectivity index is 2.05. The number of nitrogen functional groups attached to an aromatic ring is 1. The molecule has 1 heterocycles. The molecule has 0 unspecified atom stereocenters. The topological polar surface area (TPSA) is 116 Å². The summed E-state index contributed by atoms with van der Waals surface area (Å²) >= 11 is 0. The van der Waals surface area contributed by atoms with Gasteiger partial charge in [0.05, 0.1) is 20.9 Å². The maximum Gasteiger partial charge on any atom is 0.297 e. The van der Waals surface area contributed by atoms with E-state index in [9.17, 15) is 18.5 Å². The van der Waals surface area contributed by atoms with Gasteiger partial charge in [-0.1, -0.05) is 30.3 Å². The highest BCUT2D eigenvalue weighted by atomic mass is 32.2. The Morgan fingerprint density at radius 2 is 1.70 bits per heavy atom. The molecule has 0 saturated heterocycles. The Labute approximate surface area is 154 Å². The Hall–Kier alpha value is -3.52. The molecule has 8 heteroatoms. The van der Waals surface area contributed by atoms with Crippen LogP contribution in [0.2, 0.25) is 0 Å². The molecule has 134 valence electrons. The van der Waals surface area contributed by atoms with Crippen LogP contribution in [0.15, 0.2) is 76.7 Å². The highest BCUT2D eigenvalue weighted by Gasteiger charge is 2.31. The number of anilines is 1. The molecule has 4 rings (SSSR count). The smallest absolute Gasteiger partial charge is 0.297 e. The van der Waals surface area contributed by atoms with Crippen molar-refractivity contribution in [1.82, 2.24) is 4.98 Å². The summed E-state index contributed by atoms with van der Waals surface area (Å²) in [5.41, 5.74) is 5.68. The van der Waals surface area contributed by atoms with Gasteiger partial charge in [-0.25, -0.2) is 8.42 Å². The van der Waals surface area contributed by atoms with Crippen LogP contribution in [0.4, 0.5) is 11.4 Å². The minimum atomic E-state index is -4.17. The van der Waals surface area contributed by atoms with E-state index in [1.807, 2.05) is 12.1 Å². The maximum atomic E-state index is 13.2. The first-order chi connectivity index (χ1) is 12.9. The van der Waals surface area contributed by atoms with E-state index in [2.05, 4.69) is 4.98 Å². The zero-order valence-electron chi connectivity index (χ0n) is 13.9. The molecule has 0 fully saturated rings. The van der Waals surface area contributed by atoms with Gasteiger partial charge >= 0.3 is 0 Å². The van der Waals surface area contributed by atoms with Gasteiger partial charge in [0.1, 0.15) is 5.52 Å². The summed E-state index contributed by atoms with van der Waals surface area (Å²) in [6.07, 6.45) is 1.44. The molecule has 0 aliphatic heterocycles. The molecule has 1 aromatic heterocycles. The molecule has 0 spiro atoms. The maximum absolute atomic E-state index is 13.2. The molecule has 7 nitrogen and oxygen atoms in total. The number of nitrogens with two attached hydrogens (primary N) is 1. The molecule has 0 amide bonds. The van der Waals surface area contributed by atoms with Crippen molar-refractivity contribution in [2.24, 2.45) is 0 Å². The van der Waals surface area contributed by atoms with Gasteiger partial charge in [-0.05, 0) is 41.1 Å². The molecule has 0 radical (unpaired) electrons. The predicted octanol–water partition coefficient (Wildman–Crippen LogP) is 3.71. The van der Waals surface area contributed by atoms with E-state index in [0.29, 0.717) is 0 Å². The van der Waals surface area contributed by atoms with Crippen LogP contribution in [-0.4, -0.2) is 18.3 Å². The summed E-state index contributed by atoms with van der Waals surface area (Å²) in [5, 5.41) is 13.4. The van der Waals surface area contributed by atoms with E-state index < -0.39 is 25.3 Å². The Morgan fingerprint density at radius 1 is 0.963 bits per heavy atom. The van der Waals surface area contributed by atoms with Crippen LogP contribution in [-0.2, 0) is 9.84 Å². The number of hydrogen-bond acceptors (Lipinski definition) is 6. The fourth-order valence-electron chi connectivity index (χ4n) is 3.09. The second-order valence-electron chi connectivity index (χ2n) is 5.98. The summed E-state index contributed by atoms with van der Waals surface area (Å²) in [6, 6.07) is 15.9. The van der Waals surface area contributed by atoms with Crippen LogP contribution in [0.5, 0.6) is 0 Å². The van der Waals surface area contributed by atoms with E-state index in [-0.39, 0.29) is 21.5 Å². The zero-order chi connectivity index (χ0) is 19.2. The number of benzene rings is 3. The van der Waals surface area contributed by atoms with Crippen LogP contribution in [0.25, 0.3) is 21.7 Å². The molecule has 2 N–H and O–H groups in total. The number of aromatic nitrogens is 1. The Bertz CT molecular complexity index is 1330. The fourth-order valence-corrected chi connectivity index (χ4v) is 4.60. The molecule has 3 aromatic carbocycles. The van der Waals surface area contributed by atoms with Crippen molar-refractivity contribution >= 4 is 42.9 Å². The lowest BCUT2D eigenvalue weighted by molar-refractivity contribution is -0.386. The van der Waals surface area contributed by atoms with E-state index in [1.54, 1.807) is 18.2 Å². The summed E-state index contributed by atoms with van der Waals surface area (Å²) in [6.45, 7) is 0. The van der Waals surface area contributed by atoms with Crippen LogP contribution in [0.1, 0.15) is 0 Å².